The summed E-state index contributed by atoms with van der Waals surface area (Å²) in [5, 5.41) is 9.00. The Hall–Kier alpha value is -1.60. The summed E-state index contributed by atoms with van der Waals surface area (Å²) in [5.74, 6) is 0.506. The summed E-state index contributed by atoms with van der Waals surface area (Å²) in [6.45, 7) is 6.56. The molecule has 0 aliphatic rings. The predicted octanol–water partition coefficient (Wildman–Crippen LogP) is 4.18. The number of nitrogens with one attached hydrogen (secondary N) is 1. The van der Waals surface area contributed by atoms with Gasteiger partial charge in [-0.15, -0.1) is 0 Å². The molecular formula is C14H17N3S. The SMILES string of the molecule is CCC(C(C)C)n1c(=S)[nH]c2ccc(C#N)cc21. The van der Waals surface area contributed by atoms with Crippen LogP contribution in [0.5, 0.6) is 0 Å². The minimum atomic E-state index is 0.361. The number of nitriles is 1. The van der Waals surface area contributed by atoms with E-state index in [-0.39, 0.29) is 0 Å². The Morgan fingerprint density at radius 1 is 1.44 bits per heavy atom. The molecule has 1 atom stereocenters. The number of fused-ring (bicyclic) bond motifs is 1. The van der Waals surface area contributed by atoms with Crippen molar-refractivity contribution < 1.29 is 0 Å². The summed E-state index contributed by atoms with van der Waals surface area (Å²) in [7, 11) is 0. The first-order valence-electron chi connectivity index (χ1n) is 6.22. The quantitative estimate of drug-likeness (QED) is 0.840. The summed E-state index contributed by atoms with van der Waals surface area (Å²) in [4.78, 5) is 3.22. The fourth-order valence-electron chi connectivity index (χ4n) is 2.47. The minimum Gasteiger partial charge on any atom is -0.331 e. The Morgan fingerprint density at radius 3 is 2.72 bits per heavy atom. The lowest BCUT2D eigenvalue weighted by molar-refractivity contribution is 0.370. The molecule has 0 bridgehead atoms. The zero-order valence-corrected chi connectivity index (χ0v) is 11.7. The highest BCUT2D eigenvalue weighted by Gasteiger charge is 2.17. The molecule has 0 spiro atoms. The number of imidazole rings is 1. The van der Waals surface area contributed by atoms with E-state index in [0.717, 1.165) is 22.2 Å². The first-order valence-corrected chi connectivity index (χ1v) is 6.63. The van der Waals surface area contributed by atoms with Crippen LogP contribution in [0.2, 0.25) is 0 Å². The molecule has 1 heterocycles. The van der Waals surface area contributed by atoms with E-state index in [2.05, 4.69) is 36.4 Å². The van der Waals surface area contributed by atoms with Gasteiger partial charge in [0.1, 0.15) is 0 Å². The lowest BCUT2D eigenvalue weighted by Gasteiger charge is -2.21. The molecule has 1 aromatic carbocycles. The van der Waals surface area contributed by atoms with Crippen molar-refractivity contribution >= 4 is 23.3 Å². The van der Waals surface area contributed by atoms with Gasteiger partial charge in [-0.1, -0.05) is 20.8 Å². The van der Waals surface area contributed by atoms with Gasteiger partial charge in [0, 0.05) is 6.04 Å². The molecule has 3 nitrogen and oxygen atoms in total. The number of aromatic amines is 1. The van der Waals surface area contributed by atoms with Crippen molar-refractivity contribution in [3.8, 4) is 6.07 Å². The Balaban J connectivity index is 2.73. The van der Waals surface area contributed by atoms with Crippen LogP contribution in [-0.4, -0.2) is 9.55 Å². The van der Waals surface area contributed by atoms with Crippen molar-refractivity contribution in [2.45, 2.75) is 33.2 Å². The molecule has 18 heavy (non-hydrogen) atoms. The Morgan fingerprint density at radius 2 is 2.17 bits per heavy atom. The van der Waals surface area contributed by atoms with Crippen LogP contribution in [0, 0.1) is 22.0 Å². The van der Waals surface area contributed by atoms with Gasteiger partial charge in [-0.2, -0.15) is 5.26 Å². The average Bonchev–Trinajstić information content (AvgIpc) is 2.66. The van der Waals surface area contributed by atoms with E-state index in [1.165, 1.54) is 0 Å². The number of H-pyrrole nitrogens is 1. The molecule has 2 aromatic rings. The third kappa shape index (κ3) is 2.06. The molecule has 1 unspecified atom stereocenters. The smallest absolute Gasteiger partial charge is 0.178 e. The number of benzene rings is 1. The van der Waals surface area contributed by atoms with Gasteiger partial charge < -0.3 is 9.55 Å². The van der Waals surface area contributed by atoms with Gasteiger partial charge in [0.25, 0.3) is 0 Å². The van der Waals surface area contributed by atoms with Crippen LogP contribution in [0.25, 0.3) is 11.0 Å². The highest BCUT2D eigenvalue weighted by atomic mass is 32.1. The lowest BCUT2D eigenvalue weighted by Crippen LogP contribution is -2.14. The second kappa shape index (κ2) is 4.95. The minimum absolute atomic E-state index is 0.361. The number of nitrogens with zero attached hydrogens (tertiary/aromatic N) is 2. The predicted molar refractivity (Wildman–Crippen MR) is 76.0 cm³/mol. The second-order valence-electron chi connectivity index (χ2n) is 4.86. The molecule has 94 valence electrons. The summed E-state index contributed by atoms with van der Waals surface area (Å²) in [5.41, 5.74) is 2.70. The van der Waals surface area contributed by atoms with Gasteiger partial charge in [-0.3, -0.25) is 0 Å². The van der Waals surface area contributed by atoms with Crippen LogP contribution in [0.3, 0.4) is 0 Å². The maximum absolute atomic E-state index is 9.00. The fourth-order valence-corrected chi connectivity index (χ4v) is 2.82. The van der Waals surface area contributed by atoms with Gasteiger partial charge in [-0.05, 0) is 42.8 Å². The van der Waals surface area contributed by atoms with Crippen molar-refractivity contribution in [1.29, 1.82) is 5.26 Å². The molecule has 0 aliphatic carbocycles. The molecule has 0 radical (unpaired) electrons. The zero-order valence-electron chi connectivity index (χ0n) is 10.9. The molecule has 2 rings (SSSR count). The van der Waals surface area contributed by atoms with Crippen LogP contribution in [-0.2, 0) is 0 Å². The number of aromatic nitrogens is 2. The molecule has 4 heteroatoms. The second-order valence-corrected chi connectivity index (χ2v) is 5.25. The summed E-state index contributed by atoms with van der Waals surface area (Å²) >= 11 is 5.42. The van der Waals surface area contributed by atoms with E-state index in [4.69, 9.17) is 17.5 Å². The third-order valence-electron chi connectivity index (χ3n) is 3.37. The maximum atomic E-state index is 9.00. The van der Waals surface area contributed by atoms with Gasteiger partial charge in [0.2, 0.25) is 0 Å². The summed E-state index contributed by atoms with van der Waals surface area (Å²) in [6.07, 6.45) is 1.02. The highest BCUT2D eigenvalue weighted by Crippen LogP contribution is 2.27. The molecule has 0 fully saturated rings. The van der Waals surface area contributed by atoms with Crippen molar-refractivity contribution in [2.75, 3.05) is 0 Å². The van der Waals surface area contributed by atoms with Gasteiger partial charge in [0.15, 0.2) is 4.77 Å². The molecule has 0 aliphatic heterocycles. The van der Waals surface area contributed by atoms with Crippen LogP contribution in [0.1, 0.15) is 38.8 Å². The number of rotatable bonds is 3. The van der Waals surface area contributed by atoms with E-state index in [9.17, 15) is 0 Å². The summed E-state index contributed by atoms with van der Waals surface area (Å²) < 4.78 is 2.89. The Labute approximate surface area is 112 Å². The van der Waals surface area contributed by atoms with E-state index in [1.807, 2.05) is 18.2 Å². The van der Waals surface area contributed by atoms with Crippen LogP contribution < -0.4 is 0 Å². The van der Waals surface area contributed by atoms with E-state index >= 15 is 0 Å². The molecule has 0 saturated heterocycles. The van der Waals surface area contributed by atoms with Crippen molar-refractivity contribution in [2.24, 2.45) is 5.92 Å². The van der Waals surface area contributed by atoms with Gasteiger partial charge in [0.05, 0.1) is 22.7 Å². The van der Waals surface area contributed by atoms with Crippen LogP contribution in [0.4, 0.5) is 0 Å². The summed E-state index contributed by atoms with van der Waals surface area (Å²) in [6, 6.07) is 8.19. The molecule has 1 aromatic heterocycles. The first-order chi connectivity index (χ1) is 8.58. The van der Waals surface area contributed by atoms with Crippen molar-refractivity contribution in [3.63, 3.8) is 0 Å². The van der Waals surface area contributed by atoms with Gasteiger partial charge >= 0.3 is 0 Å². The maximum Gasteiger partial charge on any atom is 0.178 e. The first kappa shape index (κ1) is 12.8. The average molecular weight is 259 g/mol. The lowest BCUT2D eigenvalue weighted by atomic mass is 10.0. The molecular weight excluding hydrogens is 242 g/mol. The third-order valence-corrected chi connectivity index (χ3v) is 3.66. The van der Waals surface area contributed by atoms with E-state index < -0.39 is 0 Å². The number of hydrogen-bond donors (Lipinski definition) is 1. The van der Waals surface area contributed by atoms with E-state index in [0.29, 0.717) is 17.5 Å². The van der Waals surface area contributed by atoms with E-state index in [1.54, 1.807) is 0 Å². The normalized spacial score (nSPS) is 12.8. The highest BCUT2D eigenvalue weighted by molar-refractivity contribution is 7.71. The van der Waals surface area contributed by atoms with Crippen molar-refractivity contribution in [3.05, 3.63) is 28.5 Å². The zero-order chi connectivity index (χ0) is 13.3. The molecule has 0 saturated carbocycles. The monoisotopic (exact) mass is 259 g/mol. The standard InChI is InChI=1S/C14H17N3S/c1-4-12(9(2)3)17-13-7-10(8-15)5-6-11(13)16-14(17)18/h5-7,9,12H,4H2,1-3H3,(H,16,18). The Bertz CT molecular complexity index is 658. The van der Waals surface area contributed by atoms with Crippen LogP contribution in [0.15, 0.2) is 18.2 Å². The Kier molecular flexibility index (Phi) is 3.53. The van der Waals surface area contributed by atoms with Crippen LogP contribution >= 0.6 is 12.2 Å². The van der Waals surface area contributed by atoms with Crippen molar-refractivity contribution in [1.82, 2.24) is 9.55 Å². The molecule has 0 amide bonds. The number of hydrogen-bond acceptors (Lipinski definition) is 2. The fraction of sp³-hybridized carbons (Fsp3) is 0.429. The largest absolute Gasteiger partial charge is 0.331 e. The molecule has 1 N–H and O–H groups in total. The van der Waals surface area contributed by atoms with Gasteiger partial charge in [-0.25, -0.2) is 0 Å². The topological polar surface area (TPSA) is 44.5 Å².